The molecule has 0 atom stereocenters. The van der Waals surface area contributed by atoms with Crippen molar-refractivity contribution in [1.29, 1.82) is 0 Å². The van der Waals surface area contributed by atoms with Crippen LogP contribution in [0.25, 0.3) is 0 Å². The molecular formula is C8H9NO. The van der Waals surface area contributed by atoms with Gasteiger partial charge in [0.2, 0.25) is 0 Å². The molecular weight excluding hydrogens is 126 g/mol. The Kier molecular flexibility index (Phi) is 2.49. The van der Waals surface area contributed by atoms with Crippen LogP contribution >= 0.6 is 0 Å². The van der Waals surface area contributed by atoms with Gasteiger partial charge in [0.15, 0.2) is 0 Å². The molecule has 1 aromatic heterocycles. The first-order valence-corrected chi connectivity index (χ1v) is 3.05. The highest BCUT2D eigenvalue weighted by molar-refractivity contribution is 5.07. The Hall–Kier alpha value is -1.31. The standard InChI is InChI=1S/C8H9NO/c1-2-10-7-8-3-5-9-6-4-8/h2-6H,1,7H2. The van der Waals surface area contributed by atoms with E-state index in [1.807, 2.05) is 12.1 Å². The molecule has 52 valence electrons. The van der Waals surface area contributed by atoms with Crippen molar-refractivity contribution in [3.05, 3.63) is 42.9 Å². The molecule has 0 saturated heterocycles. The highest BCUT2D eigenvalue weighted by Gasteiger charge is 1.86. The van der Waals surface area contributed by atoms with Crippen molar-refractivity contribution in [2.24, 2.45) is 0 Å². The summed E-state index contributed by atoms with van der Waals surface area (Å²) in [5, 5.41) is 0. The van der Waals surface area contributed by atoms with Crippen LogP contribution in [0, 0.1) is 0 Å². The lowest BCUT2D eigenvalue weighted by molar-refractivity contribution is 0.237. The van der Waals surface area contributed by atoms with E-state index in [1.165, 1.54) is 6.26 Å². The monoisotopic (exact) mass is 135 g/mol. The van der Waals surface area contributed by atoms with E-state index in [-0.39, 0.29) is 0 Å². The Morgan fingerprint density at radius 3 is 2.80 bits per heavy atom. The van der Waals surface area contributed by atoms with Gasteiger partial charge >= 0.3 is 0 Å². The van der Waals surface area contributed by atoms with Gasteiger partial charge in [-0.15, -0.1) is 0 Å². The third kappa shape index (κ3) is 1.90. The van der Waals surface area contributed by atoms with Crippen molar-refractivity contribution >= 4 is 0 Å². The van der Waals surface area contributed by atoms with Crippen LogP contribution in [0.15, 0.2) is 37.4 Å². The van der Waals surface area contributed by atoms with E-state index in [4.69, 9.17) is 4.74 Å². The van der Waals surface area contributed by atoms with Crippen LogP contribution in [0.4, 0.5) is 0 Å². The molecule has 2 nitrogen and oxygen atoms in total. The number of hydrogen-bond donors (Lipinski definition) is 0. The van der Waals surface area contributed by atoms with Crippen molar-refractivity contribution in [2.75, 3.05) is 0 Å². The maximum atomic E-state index is 4.96. The minimum absolute atomic E-state index is 0.575. The topological polar surface area (TPSA) is 22.1 Å². The van der Waals surface area contributed by atoms with Gasteiger partial charge in [-0.25, -0.2) is 0 Å². The van der Waals surface area contributed by atoms with Gasteiger partial charge in [-0.3, -0.25) is 4.98 Å². The fourth-order valence-electron chi connectivity index (χ4n) is 0.634. The lowest BCUT2D eigenvalue weighted by atomic mass is 10.3. The van der Waals surface area contributed by atoms with Crippen LogP contribution < -0.4 is 0 Å². The van der Waals surface area contributed by atoms with E-state index in [0.29, 0.717) is 6.61 Å². The summed E-state index contributed by atoms with van der Waals surface area (Å²) in [6, 6.07) is 3.81. The molecule has 0 aliphatic rings. The molecule has 0 aromatic carbocycles. The van der Waals surface area contributed by atoms with Gasteiger partial charge in [-0.2, -0.15) is 0 Å². The zero-order valence-electron chi connectivity index (χ0n) is 5.66. The number of aromatic nitrogens is 1. The van der Waals surface area contributed by atoms with Crippen LogP contribution in [-0.4, -0.2) is 4.98 Å². The third-order valence-electron chi connectivity index (χ3n) is 1.12. The second-order valence-electron chi connectivity index (χ2n) is 1.83. The first kappa shape index (κ1) is 6.81. The molecule has 0 aliphatic heterocycles. The molecule has 0 fully saturated rings. The Morgan fingerprint density at radius 2 is 2.20 bits per heavy atom. The lowest BCUT2D eigenvalue weighted by Crippen LogP contribution is -1.84. The zero-order valence-corrected chi connectivity index (χ0v) is 5.66. The molecule has 1 aromatic rings. The van der Waals surface area contributed by atoms with Crippen molar-refractivity contribution in [3.63, 3.8) is 0 Å². The summed E-state index contributed by atoms with van der Waals surface area (Å²) in [6.07, 6.45) is 4.91. The largest absolute Gasteiger partial charge is 0.497 e. The average Bonchev–Trinajstić information content (AvgIpc) is 2.03. The minimum atomic E-state index is 0.575. The lowest BCUT2D eigenvalue weighted by Gasteiger charge is -1.97. The van der Waals surface area contributed by atoms with Gasteiger partial charge in [0, 0.05) is 12.4 Å². The van der Waals surface area contributed by atoms with Crippen LogP contribution in [0.5, 0.6) is 0 Å². The van der Waals surface area contributed by atoms with Gasteiger partial charge in [0.1, 0.15) is 6.61 Å². The van der Waals surface area contributed by atoms with Crippen molar-refractivity contribution < 1.29 is 4.74 Å². The predicted octanol–water partition coefficient (Wildman–Crippen LogP) is 1.74. The molecule has 10 heavy (non-hydrogen) atoms. The van der Waals surface area contributed by atoms with Crippen molar-refractivity contribution in [2.45, 2.75) is 6.61 Å². The average molecular weight is 135 g/mol. The molecule has 0 bridgehead atoms. The second-order valence-corrected chi connectivity index (χ2v) is 1.83. The first-order chi connectivity index (χ1) is 4.93. The van der Waals surface area contributed by atoms with Gasteiger partial charge in [-0.05, 0) is 17.7 Å². The molecule has 1 rings (SSSR count). The summed E-state index contributed by atoms with van der Waals surface area (Å²) in [5.41, 5.74) is 1.11. The van der Waals surface area contributed by atoms with Crippen LogP contribution in [0.3, 0.4) is 0 Å². The Balaban J connectivity index is 2.50. The summed E-state index contributed by atoms with van der Waals surface area (Å²) >= 11 is 0. The maximum absolute atomic E-state index is 4.96. The number of rotatable bonds is 3. The van der Waals surface area contributed by atoms with Gasteiger partial charge in [0.25, 0.3) is 0 Å². The summed E-state index contributed by atoms with van der Waals surface area (Å²) in [5.74, 6) is 0. The predicted molar refractivity (Wildman–Crippen MR) is 39.2 cm³/mol. The quantitative estimate of drug-likeness (QED) is 0.589. The van der Waals surface area contributed by atoms with Crippen LogP contribution in [0.1, 0.15) is 5.56 Å². The van der Waals surface area contributed by atoms with Gasteiger partial charge in [-0.1, -0.05) is 6.58 Å². The van der Waals surface area contributed by atoms with Crippen molar-refractivity contribution in [3.8, 4) is 0 Å². The fraction of sp³-hybridized carbons (Fsp3) is 0.125. The molecule has 1 heterocycles. The van der Waals surface area contributed by atoms with E-state index < -0.39 is 0 Å². The summed E-state index contributed by atoms with van der Waals surface area (Å²) in [7, 11) is 0. The van der Waals surface area contributed by atoms with E-state index in [1.54, 1.807) is 12.4 Å². The van der Waals surface area contributed by atoms with Crippen molar-refractivity contribution in [1.82, 2.24) is 4.98 Å². The van der Waals surface area contributed by atoms with E-state index in [9.17, 15) is 0 Å². The van der Waals surface area contributed by atoms with E-state index in [0.717, 1.165) is 5.56 Å². The molecule has 0 unspecified atom stereocenters. The third-order valence-corrected chi connectivity index (χ3v) is 1.12. The van der Waals surface area contributed by atoms with E-state index in [2.05, 4.69) is 11.6 Å². The molecule has 0 aliphatic carbocycles. The summed E-state index contributed by atoms with van der Waals surface area (Å²) < 4.78 is 4.96. The molecule has 0 amide bonds. The molecule has 0 spiro atoms. The highest BCUT2D eigenvalue weighted by atomic mass is 16.5. The zero-order chi connectivity index (χ0) is 7.23. The highest BCUT2D eigenvalue weighted by Crippen LogP contribution is 1.97. The number of ether oxygens (including phenoxy) is 1. The Bertz CT molecular complexity index is 196. The maximum Gasteiger partial charge on any atom is 0.112 e. The fourth-order valence-corrected chi connectivity index (χ4v) is 0.634. The Labute approximate surface area is 60.2 Å². The van der Waals surface area contributed by atoms with Gasteiger partial charge < -0.3 is 4.74 Å². The molecule has 2 heteroatoms. The number of nitrogens with zero attached hydrogens (tertiary/aromatic N) is 1. The Morgan fingerprint density at radius 1 is 1.50 bits per heavy atom. The molecule has 0 saturated carbocycles. The SMILES string of the molecule is C=COCc1ccncc1. The molecule has 0 N–H and O–H groups in total. The number of hydrogen-bond acceptors (Lipinski definition) is 2. The number of pyridine rings is 1. The van der Waals surface area contributed by atoms with Crippen LogP contribution in [-0.2, 0) is 11.3 Å². The summed E-state index contributed by atoms with van der Waals surface area (Å²) in [6.45, 7) is 4.01. The normalized spacial score (nSPS) is 8.80. The minimum Gasteiger partial charge on any atom is -0.497 e. The van der Waals surface area contributed by atoms with Crippen LogP contribution in [0.2, 0.25) is 0 Å². The van der Waals surface area contributed by atoms with E-state index >= 15 is 0 Å². The first-order valence-electron chi connectivity index (χ1n) is 3.05. The summed E-state index contributed by atoms with van der Waals surface area (Å²) in [4.78, 5) is 3.87. The second kappa shape index (κ2) is 3.67. The smallest absolute Gasteiger partial charge is 0.112 e. The van der Waals surface area contributed by atoms with Gasteiger partial charge in [0.05, 0.1) is 6.26 Å². The molecule has 0 radical (unpaired) electrons.